The molecule has 9 nitrogen and oxygen atoms in total. The van der Waals surface area contributed by atoms with Crippen LogP contribution in [0.4, 0.5) is 14.5 Å². The van der Waals surface area contributed by atoms with E-state index in [0.29, 0.717) is 18.6 Å². The molecule has 2 N–H and O–H groups in total. The summed E-state index contributed by atoms with van der Waals surface area (Å²) in [6.45, 7) is 7.39. The maximum atomic E-state index is 13.3. The van der Waals surface area contributed by atoms with Gasteiger partial charge in [0.05, 0.1) is 17.4 Å². The van der Waals surface area contributed by atoms with Gasteiger partial charge in [-0.3, -0.25) is 4.40 Å². The van der Waals surface area contributed by atoms with Gasteiger partial charge in [0, 0.05) is 36.9 Å². The van der Waals surface area contributed by atoms with Gasteiger partial charge in [-0.15, -0.1) is 10.2 Å². The van der Waals surface area contributed by atoms with Crippen LogP contribution in [0.2, 0.25) is 0 Å². The minimum Gasteiger partial charge on any atom is -0.367 e. The number of nitrogens with one attached hydrogen (secondary N) is 2. The molecule has 33 heavy (non-hydrogen) atoms. The van der Waals surface area contributed by atoms with Crippen LogP contribution in [0.25, 0.3) is 16.3 Å². The molecule has 4 heterocycles. The van der Waals surface area contributed by atoms with Gasteiger partial charge in [-0.25, -0.2) is 26.9 Å². The van der Waals surface area contributed by atoms with Crippen molar-refractivity contribution >= 4 is 32.6 Å². The molecule has 5 rings (SSSR count). The summed E-state index contributed by atoms with van der Waals surface area (Å²) in [7, 11) is -3.81. The third-order valence-corrected chi connectivity index (χ3v) is 8.53. The zero-order chi connectivity index (χ0) is 23.5. The van der Waals surface area contributed by atoms with E-state index in [2.05, 4.69) is 44.0 Å². The van der Waals surface area contributed by atoms with Crippen LogP contribution >= 0.6 is 11.3 Å². The zero-order valence-electron chi connectivity index (χ0n) is 18.4. The lowest BCUT2D eigenvalue weighted by Crippen LogP contribution is -2.54. The Morgan fingerprint density at radius 1 is 1.24 bits per heavy atom. The molecule has 3 aromatic rings. The summed E-state index contributed by atoms with van der Waals surface area (Å²) in [5.41, 5.74) is 0.961. The maximum absolute atomic E-state index is 13.3. The monoisotopic (exact) mass is 497 g/mol. The molecule has 178 valence electrons. The van der Waals surface area contributed by atoms with E-state index in [-0.39, 0.29) is 27.8 Å². The van der Waals surface area contributed by atoms with Gasteiger partial charge in [0.2, 0.25) is 10.0 Å². The third-order valence-electron chi connectivity index (χ3n) is 6.00. The molecule has 0 spiro atoms. The standard InChI is InChI=1S/C20H25F2N7O2S2/c1-11-8-28(9-12(2)24-11)14-6-13(33(30,31)27-20(3)4-5-20)10-29-15(14)7-23-17(29)19-26-25-18(32-19)16(21)22/h6-7,10-12,16,24,27H,4-5,8-9H2,1-3H3/t11-,12-/m0/s1. The van der Waals surface area contributed by atoms with E-state index in [1.54, 1.807) is 16.7 Å². The maximum Gasteiger partial charge on any atom is 0.291 e. The first kappa shape index (κ1) is 22.6. The number of aromatic nitrogens is 4. The number of imidazole rings is 1. The molecule has 1 saturated carbocycles. The molecule has 0 unspecified atom stereocenters. The van der Waals surface area contributed by atoms with Gasteiger partial charge in [0.1, 0.15) is 4.90 Å². The number of rotatable bonds is 6. The van der Waals surface area contributed by atoms with Crippen LogP contribution in [0.5, 0.6) is 0 Å². The van der Waals surface area contributed by atoms with Gasteiger partial charge in [-0.2, -0.15) is 0 Å². The Labute approximate surface area is 194 Å². The van der Waals surface area contributed by atoms with Crippen molar-refractivity contribution in [3.05, 3.63) is 23.5 Å². The van der Waals surface area contributed by atoms with Crippen LogP contribution in [0.15, 0.2) is 23.4 Å². The molecule has 0 bridgehead atoms. The van der Waals surface area contributed by atoms with Gasteiger partial charge in [-0.1, -0.05) is 11.3 Å². The Bertz CT molecular complexity index is 1290. The van der Waals surface area contributed by atoms with E-state index in [9.17, 15) is 17.2 Å². The van der Waals surface area contributed by atoms with E-state index in [1.165, 1.54) is 6.20 Å². The normalized spacial score (nSPS) is 22.9. The van der Waals surface area contributed by atoms with Crippen molar-refractivity contribution in [2.45, 2.75) is 62.6 Å². The fraction of sp³-hybridized carbons (Fsp3) is 0.550. The van der Waals surface area contributed by atoms with Gasteiger partial charge in [-0.05, 0) is 39.7 Å². The Kier molecular flexibility index (Phi) is 5.42. The largest absolute Gasteiger partial charge is 0.367 e. The lowest BCUT2D eigenvalue weighted by Gasteiger charge is -2.38. The predicted molar refractivity (Wildman–Crippen MR) is 121 cm³/mol. The Morgan fingerprint density at radius 3 is 2.55 bits per heavy atom. The molecule has 0 radical (unpaired) electrons. The second-order valence-electron chi connectivity index (χ2n) is 9.18. The lowest BCUT2D eigenvalue weighted by atomic mass is 10.1. The highest BCUT2D eigenvalue weighted by Crippen LogP contribution is 2.37. The number of fused-ring (bicyclic) bond motifs is 1. The van der Waals surface area contributed by atoms with E-state index < -0.39 is 27.0 Å². The summed E-state index contributed by atoms with van der Waals surface area (Å²) in [5.74, 6) is 0.279. The average Bonchev–Trinajstić information content (AvgIpc) is 3.14. The van der Waals surface area contributed by atoms with Gasteiger partial charge in [0.25, 0.3) is 6.43 Å². The highest BCUT2D eigenvalue weighted by atomic mass is 32.2. The minimum atomic E-state index is -3.81. The van der Waals surface area contributed by atoms with E-state index in [0.717, 1.165) is 29.9 Å². The summed E-state index contributed by atoms with van der Waals surface area (Å²) in [6.07, 6.45) is 1.93. The Hall–Kier alpha value is -2.22. The number of sulfonamides is 1. The van der Waals surface area contributed by atoms with Crippen molar-refractivity contribution in [1.29, 1.82) is 0 Å². The topological polar surface area (TPSA) is 105 Å². The van der Waals surface area contributed by atoms with Crippen LogP contribution in [-0.2, 0) is 10.0 Å². The first-order valence-corrected chi connectivity index (χ1v) is 13.0. The van der Waals surface area contributed by atoms with Crippen LogP contribution < -0.4 is 14.9 Å². The van der Waals surface area contributed by atoms with Gasteiger partial charge < -0.3 is 10.2 Å². The van der Waals surface area contributed by atoms with Gasteiger partial charge >= 0.3 is 0 Å². The number of halogens is 2. The first-order chi connectivity index (χ1) is 15.5. The number of hydrogen-bond acceptors (Lipinski definition) is 8. The van der Waals surface area contributed by atoms with E-state index in [4.69, 9.17) is 0 Å². The average molecular weight is 498 g/mol. The Morgan fingerprint density at radius 2 is 1.94 bits per heavy atom. The Balaban J connectivity index is 1.67. The van der Waals surface area contributed by atoms with Crippen LogP contribution in [-0.4, -0.2) is 58.7 Å². The van der Waals surface area contributed by atoms with Crippen LogP contribution in [0.1, 0.15) is 45.0 Å². The molecule has 1 aliphatic heterocycles. The molecule has 3 aromatic heterocycles. The highest BCUT2D eigenvalue weighted by Gasteiger charge is 2.41. The fourth-order valence-electron chi connectivity index (χ4n) is 4.22. The number of piperazine rings is 1. The number of hydrogen-bond donors (Lipinski definition) is 2. The molecule has 2 atom stereocenters. The summed E-state index contributed by atoms with van der Waals surface area (Å²) in [6, 6.07) is 2.08. The third kappa shape index (κ3) is 4.34. The molecule has 0 amide bonds. The smallest absolute Gasteiger partial charge is 0.291 e. The highest BCUT2D eigenvalue weighted by molar-refractivity contribution is 7.89. The minimum absolute atomic E-state index is 0.0924. The zero-order valence-corrected chi connectivity index (χ0v) is 20.1. The molecule has 2 aliphatic rings. The molecule has 13 heteroatoms. The first-order valence-electron chi connectivity index (χ1n) is 10.7. The predicted octanol–water partition coefficient (Wildman–Crippen LogP) is 2.81. The van der Waals surface area contributed by atoms with Crippen molar-refractivity contribution in [2.75, 3.05) is 18.0 Å². The summed E-state index contributed by atoms with van der Waals surface area (Å²) in [5, 5.41) is 10.7. The summed E-state index contributed by atoms with van der Waals surface area (Å²) < 4.78 is 57.1. The second-order valence-corrected chi connectivity index (χ2v) is 11.9. The quantitative estimate of drug-likeness (QED) is 0.540. The van der Waals surface area contributed by atoms with Crippen molar-refractivity contribution < 1.29 is 17.2 Å². The molecule has 1 aliphatic carbocycles. The van der Waals surface area contributed by atoms with Crippen molar-refractivity contribution in [3.63, 3.8) is 0 Å². The second kappa shape index (κ2) is 7.93. The number of anilines is 1. The van der Waals surface area contributed by atoms with Gasteiger partial charge in [0.15, 0.2) is 15.8 Å². The van der Waals surface area contributed by atoms with Crippen LogP contribution in [0, 0.1) is 0 Å². The van der Waals surface area contributed by atoms with E-state index in [1.807, 2.05) is 6.92 Å². The van der Waals surface area contributed by atoms with E-state index >= 15 is 0 Å². The molecule has 1 saturated heterocycles. The number of pyridine rings is 1. The molecule has 0 aromatic carbocycles. The van der Waals surface area contributed by atoms with Crippen molar-refractivity contribution in [1.82, 2.24) is 29.6 Å². The number of nitrogens with zero attached hydrogens (tertiary/aromatic N) is 5. The lowest BCUT2D eigenvalue weighted by molar-refractivity contribution is 0.150. The fourth-order valence-corrected chi connectivity index (χ4v) is 6.40. The summed E-state index contributed by atoms with van der Waals surface area (Å²) in [4.78, 5) is 6.64. The van der Waals surface area contributed by atoms with Crippen molar-refractivity contribution in [3.8, 4) is 10.8 Å². The number of alkyl halides is 2. The van der Waals surface area contributed by atoms with Crippen molar-refractivity contribution in [2.24, 2.45) is 0 Å². The molecule has 2 fully saturated rings. The summed E-state index contributed by atoms with van der Waals surface area (Å²) >= 11 is 0.745. The molecular formula is C20H25F2N7O2S2. The van der Waals surface area contributed by atoms with Crippen LogP contribution in [0.3, 0.4) is 0 Å². The SMILES string of the molecule is C[C@H]1CN(c2cc(S(=O)(=O)NC3(C)CC3)cn3c(-c4nnc(C(F)F)s4)ncc23)C[C@H](C)N1. The molecular weight excluding hydrogens is 472 g/mol.